The number of nitro benzene ring substituents is 1. The molecule has 7 nitrogen and oxygen atoms in total. The second kappa shape index (κ2) is 6.80. The largest absolute Gasteiger partial charge is 0.383 e. The third kappa shape index (κ3) is 3.88. The summed E-state index contributed by atoms with van der Waals surface area (Å²) in [6.45, 7) is 1.06. The van der Waals surface area contributed by atoms with Crippen LogP contribution in [0.3, 0.4) is 0 Å². The van der Waals surface area contributed by atoms with Gasteiger partial charge in [0.05, 0.1) is 33.5 Å². The monoisotopic (exact) mass is 406 g/mol. The molecule has 2 rings (SSSR count). The number of hydrogen-bond donors (Lipinski definition) is 1. The van der Waals surface area contributed by atoms with Crippen LogP contribution in [0.5, 0.6) is 0 Å². The molecule has 112 valence electrons. The lowest BCUT2D eigenvalue weighted by atomic mass is 10.2. The summed E-state index contributed by atoms with van der Waals surface area (Å²) in [7, 11) is 1.58. The molecule has 9 heteroatoms. The van der Waals surface area contributed by atoms with Crippen LogP contribution in [0, 0.1) is 19.5 Å². The summed E-state index contributed by atoms with van der Waals surface area (Å²) in [5, 5.41) is 17.9. The van der Waals surface area contributed by atoms with Crippen molar-refractivity contribution in [3.05, 3.63) is 44.0 Å². The van der Waals surface area contributed by atoms with Gasteiger partial charge < -0.3 is 10.1 Å². The van der Waals surface area contributed by atoms with E-state index in [9.17, 15) is 14.5 Å². The maximum absolute atomic E-state index is 13.6. The summed E-state index contributed by atoms with van der Waals surface area (Å²) in [6.07, 6.45) is 3.17. The van der Waals surface area contributed by atoms with Crippen molar-refractivity contribution in [2.75, 3.05) is 19.0 Å². The highest BCUT2D eigenvalue weighted by Gasteiger charge is 2.18. The highest BCUT2D eigenvalue weighted by Crippen LogP contribution is 2.30. The number of ether oxygens (including phenoxy) is 1. The lowest BCUT2D eigenvalue weighted by molar-refractivity contribution is -0.384. The highest BCUT2D eigenvalue weighted by atomic mass is 127. The third-order valence-corrected chi connectivity index (χ3v) is 3.50. The highest BCUT2D eigenvalue weighted by molar-refractivity contribution is 14.1. The van der Waals surface area contributed by atoms with Crippen LogP contribution >= 0.6 is 22.6 Å². The molecule has 0 aliphatic heterocycles. The van der Waals surface area contributed by atoms with E-state index in [1.54, 1.807) is 40.6 Å². The fraction of sp³-hybridized carbons (Fsp3) is 0.250. The molecule has 0 saturated heterocycles. The molecule has 1 N–H and O–H groups in total. The van der Waals surface area contributed by atoms with Crippen LogP contribution < -0.4 is 5.32 Å². The first-order chi connectivity index (χ1) is 10.0. The lowest BCUT2D eigenvalue weighted by Gasteiger charge is -2.06. The van der Waals surface area contributed by atoms with Crippen molar-refractivity contribution in [2.45, 2.75) is 6.54 Å². The van der Waals surface area contributed by atoms with Gasteiger partial charge in [-0.3, -0.25) is 14.8 Å². The van der Waals surface area contributed by atoms with Crippen LogP contribution in [0.2, 0.25) is 0 Å². The summed E-state index contributed by atoms with van der Waals surface area (Å²) in [4.78, 5) is 10.5. The van der Waals surface area contributed by atoms with Crippen LogP contribution in [0.25, 0.3) is 0 Å². The Labute approximate surface area is 133 Å². The molecule has 0 aliphatic rings. The molecule has 0 unspecified atom stereocenters. The molecule has 0 radical (unpaired) electrons. The fourth-order valence-electron chi connectivity index (χ4n) is 1.68. The maximum atomic E-state index is 13.6. The van der Waals surface area contributed by atoms with Crippen LogP contribution in [0.1, 0.15) is 0 Å². The average molecular weight is 406 g/mol. The Balaban J connectivity index is 2.24. The first-order valence-electron chi connectivity index (χ1n) is 5.93. The quantitative estimate of drug-likeness (QED) is 0.453. The van der Waals surface area contributed by atoms with Crippen molar-refractivity contribution in [2.24, 2.45) is 0 Å². The van der Waals surface area contributed by atoms with E-state index < -0.39 is 10.7 Å². The number of rotatable bonds is 6. The molecule has 1 heterocycles. The first kappa shape index (κ1) is 15.6. The zero-order valence-electron chi connectivity index (χ0n) is 11.0. The number of halogens is 2. The van der Waals surface area contributed by atoms with Gasteiger partial charge in [0.1, 0.15) is 11.5 Å². The molecule has 0 fully saturated rings. The second-order valence-corrected chi connectivity index (χ2v) is 5.31. The third-order valence-electron chi connectivity index (χ3n) is 2.67. The van der Waals surface area contributed by atoms with E-state index in [0.717, 1.165) is 6.07 Å². The van der Waals surface area contributed by atoms with Gasteiger partial charge in [-0.2, -0.15) is 5.10 Å². The zero-order valence-corrected chi connectivity index (χ0v) is 13.2. The topological polar surface area (TPSA) is 82.2 Å². The van der Waals surface area contributed by atoms with E-state index in [1.807, 2.05) is 0 Å². The summed E-state index contributed by atoms with van der Waals surface area (Å²) in [5.41, 5.74) is 0.435. The van der Waals surface area contributed by atoms with Crippen LogP contribution in [-0.4, -0.2) is 28.4 Å². The molecule has 0 bridgehead atoms. The molecule has 0 spiro atoms. The number of nitrogens with zero attached hydrogens (tertiary/aromatic N) is 3. The second-order valence-electron chi connectivity index (χ2n) is 4.15. The van der Waals surface area contributed by atoms with E-state index in [4.69, 9.17) is 4.74 Å². The Morgan fingerprint density at radius 1 is 1.57 bits per heavy atom. The van der Waals surface area contributed by atoms with Crippen molar-refractivity contribution in [3.63, 3.8) is 0 Å². The minimum absolute atomic E-state index is 0.0872. The molecule has 0 atom stereocenters. The van der Waals surface area contributed by atoms with Crippen molar-refractivity contribution < 1.29 is 14.1 Å². The predicted octanol–water partition coefficient (Wildman–Crippen LogP) is 2.93. The van der Waals surface area contributed by atoms with E-state index in [1.165, 1.54) is 12.3 Å². The molecule has 1 aromatic heterocycles. The Hall–Kier alpha value is -1.75. The SMILES string of the molecule is COCCn1cc(Nc2cc(F)c(I)cc2[N+](=O)[O-])cn1. The number of methoxy groups -OCH3 is 1. The Bertz CT molecular complexity index is 662. The van der Waals surface area contributed by atoms with Gasteiger partial charge in [-0.05, 0) is 22.6 Å². The number of nitrogens with one attached hydrogen (secondary N) is 1. The van der Waals surface area contributed by atoms with Crippen molar-refractivity contribution in [3.8, 4) is 0 Å². The van der Waals surface area contributed by atoms with Crippen molar-refractivity contribution >= 4 is 39.7 Å². The summed E-state index contributed by atoms with van der Waals surface area (Å²) >= 11 is 1.71. The van der Waals surface area contributed by atoms with Gasteiger partial charge in [0.25, 0.3) is 5.69 Å². The molecule has 0 saturated carbocycles. The van der Waals surface area contributed by atoms with E-state index in [-0.39, 0.29) is 14.9 Å². The normalized spacial score (nSPS) is 10.6. The number of nitro groups is 1. The smallest absolute Gasteiger partial charge is 0.293 e. The van der Waals surface area contributed by atoms with Gasteiger partial charge in [0, 0.05) is 25.4 Å². The standard InChI is InChI=1S/C12H12FIN4O3/c1-21-3-2-17-7-8(6-15-17)16-11-4-9(13)10(14)5-12(11)18(19)20/h4-7,16H,2-3H2,1H3. The Morgan fingerprint density at radius 2 is 2.33 bits per heavy atom. The minimum Gasteiger partial charge on any atom is -0.383 e. The molecule has 0 amide bonds. The van der Waals surface area contributed by atoms with E-state index in [2.05, 4.69) is 10.4 Å². The molecular formula is C12H12FIN4O3. The minimum atomic E-state index is -0.556. The predicted molar refractivity (Wildman–Crippen MR) is 83.2 cm³/mol. The molecule has 1 aromatic carbocycles. The van der Waals surface area contributed by atoms with Crippen molar-refractivity contribution in [1.29, 1.82) is 0 Å². The lowest BCUT2D eigenvalue weighted by Crippen LogP contribution is -2.04. The van der Waals surface area contributed by atoms with E-state index in [0.29, 0.717) is 18.8 Å². The summed E-state index contributed by atoms with van der Waals surface area (Å²) in [5.74, 6) is -0.518. The number of aromatic nitrogens is 2. The van der Waals surface area contributed by atoms with Gasteiger partial charge in [0.2, 0.25) is 0 Å². The number of anilines is 2. The first-order valence-corrected chi connectivity index (χ1v) is 7.01. The van der Waals surface area contributed by atoms with Crippen molar-refractivity contribution in [1.82, 2.24) is 9.78 Å². The molecule has 0 aliphatic carbocycles. The number of benzene rings is 1. The van der Waals surface area contributed by atoms with Gasteiger partial charge in [-0.1, -0.05) is 0 Å². The maximum Gasteiger partial charge on any atom is 0.293 e. The van der Waals surface area contributed by atoms with Gasteiger partial charge >= 0.3 is 0 Å². The molecule has 21 heavy (non-hydrogen) atoms. The van der Waals surface area contributed by atoms with Crippen LogP contribution in [0.15, 0.2) is 24.5 Å². The Kier molecular flexibility index (Phi) is 5.07. The van der Waals surface area contributed by atoms with Crippen LogP contribution in [0.4, 0.5) is 21.5 Å². The average Bonchev–Trinajstić information content (AvgIpc) is 2.87. The molecular weight excluding hydrogens is 394 g/mol. The van der Waals surface area contributed by atoms with Crippen LogP contribution in [-0.2, 0) is 11.3 Å². The van der Waals surface area contributed by atoms with E-state index >= 15 is 0 Å². The fourth-order valence-corrected chi connectivity index (χ4v) is 2.13. The summed E-state index contributed by atoms with van der Waals surface area (Å²) in [6, 6.07) is 2.29. The summed E-state index contributed by atoms with van der Waals surface area (Å²) < 4.78 is 20.3. The van der Waals surface area contributed by atoms with Gasteiger partial charge in [-0.15, -0.1) is 0 Å². The molecule has 2 aromatic rings. The number of hydrogen-bond acceptors (Lipinski definition) is 5. The van der Waals surface area contributed by atoms with Gasteiger partial charge in [0.15, 0.2) is 0 Å². The Morgan fingerprint density at radius 3 is 3.00 bits per heavy atom. The zero-order chi connectivity index (χ0) is 15.4. The van der Waals surface area contributed by atoms with Gasteiger partial charge in [-0.25, -0.2) is 4.39 Å².